The molecule has 0 radical (unpaired) electrons. The van der Waals surface area contributed by atoms with Gasteiger partial charge in [0.1, 0.15) is 17.0 Å². The number of anilines is 2. The van der Waals surface area contributed by atoms with Gasteiger partial charge < -0.3 is 20.5 Å². The fourth-order valence-corrected chi connectivity index (χ4v) is 4.56. The molecule has 10 nitrogen and oxygen atoms in total. The standard InChI is InChI=1S/C27H33N7O3/c1-4-5-12-23-31-24-25(19-10-6-7-11-20(19)30-26(24)28)33(23)16-9-8-15-29-27(35)18-13-14-21(32(2)3)22(17-18)34(36)37/h6-7,10-11,13-14,17H,4-5,8-9,12,15-16H2,1-3H3,(H2,28,30)(H,29,35). The Morgan fingerprint density at radius 1 is 1.14 bits per heavy atom. The number of nitrogens with zero attached hydrogens (tertiary/aromatic N) is 5. The van der Waals surface area contributed by atoms with Gasteiger partial charge in [0.2, 0.25) is 0 Å². The molecule has 0 atom stereocenters. The lowest BCUT2D eigenvalue weighted by molar-refractivity contribution is -0.384. The molecule has 0 bridgehead atoms. The molecule has 0 saturated heterocycles. The molecule has 10 heteroatoms. The van der Waals surface area contributed by atoms with Crippen LogP contribution in [0.2, 0.25) is 0 Å². The molecular weight excluding hydrogens is 470 g/mol. The topological polar surface area (TPSA) is 132 Å². The average molecular weight is 504 g/mol. The SMILES string of the molecule is CCCCc1nc2c(N)nc3ccccc3c2n1CCCCNC(=O)c1ccc(N(C)C)c([N+](=O)[O-])c1. The Morgan fingerprint density at radius 2 is 1.92 bits per heavy atom. The highest BCUT2D eigenvalue weighted by molar-refractivity contribution is 6.06. The molecule has 2 aromatic carbocycles. The molecule has 0 fully saturated rings. The lowest BCUT2D eigenvalue weighted by atomic mass is 10.1. The van der Waals surface area contributed by atoms with Crippen LogP contribution in [-0.2, 0) is 13.0 Å². The summed E-state index contributed by atoms with van der Waals surface area (Å²) in [6.07, 6.45) is 4.52. The van der Waals surface area contributed by atoms with E-state index in [1.807, 2.05) is 24.3 Å². The van der Waals surface area contributed by atoms with Gasteiger partial charge in [-0.05, 0) is 37.5 Å². The number of hydrogen-bond acceptors (Lipinski definition) is 7. The van der Waals surface area contributed by atoms with E-state index in [0.717, 1.165) is 66.4 Å². The van der Waals surface area contributed by atoms with Crippen LogP contribution in [0.3, 0.4) is 0 Å². The second-order valence-corrected chi connectivity index (χ2v) is 9.31. The number of hydrogen-bond donors (Lipinski definition) is 2. The quantitative estimate of drug-likeness (QED) is 0.172. The van der Waals surface area contributed by atoms with Gasteiger partial charge in [0.25, 0.3) is 11.6 Å². The van der Waals surface area contributed by atoms with Crippen molar-refractivity contribution in [1.82, 2.24) is 19.9 Å². The zero-order valence-electron chi connectivity index (χ0n) is 21.5. The number of unbranched alkanes of at least 4 members (excludes halogenated alkanes) is 2. The Labute approximate surface area is 215 Å². The van der Waals surface area contributed by atoms with Crippen molar-refractivity contribution in [2.45, 2.75) is 45.6 Å². The minimum Gasteiger partial charge on any atom is -0.382 e. The predicted octanol–water partition coefficient (Wildman–Crippen LogP) is 4.69. The molecule has 4 rings (SSSR count). The number of fused-ring (bicyclic) bond motifs is 3. The van der Waals surface area contributed by atoms with Crippen molar-refractivity contribution in [2.75, 3.05) is 31.3 Å². The first-order valence-electron chi connectivity index (χ1n) is 12.6. The summed E-state index contributed by atoms with van der Waals surface area (Å²) in [5, 5.41) is 15.3. The smallest absolute Gasteiger partial charge is 0.293 e. The van der Waals surface area contributed by atoms with Crippen LogP contribution in [0.15, 0.2) is 42.5 Å². The van der Waals surface area contributed by atoms with Crippen LogP contribution in [-0.4, -0.2) is 46.0 Å². The zero-order valence-corrected chi connectivity index (χ0v) is 21.5. The molecule has 2 heterocycles. The number of nitrogens with one attached hydrogen (secondary N) is 1. The summed E-state index contributed by atoms with van der Waals surface area (Å²) in [4.78, 5) is 34.6. The van der Waals surface area contributed by atoms with E-state index in [-0.39, 0.29) is 17.2 Å². The second kappa shape index (κ2) is 11.2. The first-order valence-corrected chi connectivity index (χ1v) is 12.6. The number of pyridine rings is 1. The van der Waals surface area contributed by atoms with E-state index in [2.05, 4.69) is 21.8 Å². The second-order valence-electron chi connectivity index (χ2n) is 9.31. The molecule has 3 N–H and O–H groups in total. The van der Waals surface area contributed by atoms with Crippen LogP contribution in [0.25, 0.3) is 21.9 Å². The summed E-state index contributed by atoms with van der Waals surface area (Å²) in [5.41, 5.74) is 9.50. The number of nitro benzene ring substituents is 1. The fourth-order valence-electron chi connectivity index (χ4n) is 4.56. The number of nitrogens with two attached hydrogens (primary N) is 1. The van der Waals surface area contributed by atoms with E-state index < -0.39 is 4.92 Å². The predicted molar refractivity (Wildman–Crippen MR) is 147 cm³/mol. The van der Waals surface area contributed by atoms with Crippen molar-refractivity contribution < 1.29 is 9.72 Å². The van der Waals surface area contributed by atoms with Crippen LogP contribution in [0.4, 0.5) is 17.2 Å². The molecule has 0 aliphatic heterocycles. The van der Waals surface area contributed by atoms with Crippen molar-refractivity contribution in [3.05, 3.63) is 64.0 Å². The van der Waals surface area contributed by atoms with E-state index in [4.69, 9.17) is 10.7 Å². The number of imidazole rings is 1. The van der Waals surface area contributed by atoms with E-state index in [0.29, 0.717) is 18.1 Å². The molecule has 194 valence electrons. The number of aromatic nitrogens is 3. The van der Waals surface area contributed by atoms with E-state index >= 15 is 0 Å². The minimum absolute atomic E-state index is 0.0924. The number of carbonyl (C=O) groups excluding carboxylic acids is 1. The van der Waals surface area contributed by atoms with Crippen LogP contribution >= 0.6 is 0 Å². The Bertz CT molecular complexity index is 1450. The van der Waals surface area contributed by atoms with Crippen molar-refractivity contribution in [3.63, 3.8) is 0 Å². The molecule has 0 spiro atoms. The van der Waals surface area contributed by atoms with Crippen molar-refractivity contribution >= 4 is 45.0 Å². The summed E-state index contributed by atoms with van der Waals surface area (Å²) in [6.45, 7) is 3.36. The highest BCUT2D eigenvalue weighted by atomic mass is 16.6. The van der Waals surface area contributed by atoms with Gasteiger partial charge in [-0.2, -0.15) is 0 Å². The van der Waals surface area contributed by atoms with E-state index in [9.17, 15) is 14.9 Å². The number of aryl methyl sites for hydroxylation is 2. The van der Waals surface area contributed by atoms with Gasteiger partial charge >= 0.3 is 0 Å². The molecule has 0 saturated carbocycles. The highest BCUT2D eigenvalue weighted by Crippen LogP contribution is 2.30. The maximum atomic E-state index is 12.6. The number of nitro groups is 1. The first kappa shape index (κ1) is 25.9. The fraction of sp³-hybridized carbons (Fsp3) is 0.370. The van der Waals surface area contributed by atoms with Crippen molar-refractivity contribution in [3.8, 4) is 0 Å². The van der Waals surface area contributed by atoms with Gasteiger partial charge in [-0.25, -0.2) is 9.97 Å². The third-order valence-corrected chi connectivity index (χ3v) is 6.45. The Kier molecular flexibility index (Phi) is 7.86. The molecule has 4 aromatic rings. The Balaban J connectivity index is 1.46. The summed E-state index contributed by atoms with van der Waals surface area (Å²) in [6, 6.07) is 12.5. The van der Waals surface area contributed by atoms with E-state index in [1.54, 1.807) is 31.1 Å². The molecule has 37 heavy (non-hydrogen) atoms. The first-order chi connectivity index (χ1) is 17.8. The number of amides is 1. The van der Waals surface area contributed by atoms with Crippen LogP contribution in [0.1, 0.15) is 48.8 Å². The van der Waals surface area contributed by atoms with Crippen LogP contribution in [0.5, 0.6) is 0 Å². The van der Waals surface area contributed by atoms with E-state index in [1.165, 1.54) is 6.07 Å². The lowest BCUT2D eigenvalue weighted by Crippen LogP contribution is -2.25. The minimum atomic E-state index is -0.469. The molecule has 0 unspecified atom stereocenters. The van der Waals surface area contributed by atoms with Crippen LogP contribution < -0.4 is 16.0 Å². The number of carbonyl (C=O) groups is 1. The number of rotatable bonds is 11. The molecule has 0 aliphatic carbocycles. The maximum Gasteiger partial charge on any atom is 0.293 e. The molecule has 0 aliphatic rings. The van der Waals surface area contributed by atoms with Gasteiger partial charge in [0, 0.05) is 50.6 Å². The van der Waals surface area contributed by atoms with Crippen LogP contribution in [0, 0.1) is 10.1 Å². The third-order valence-electron chi connectivity index (χ3n) is 6.45. The molecular formula is C27H33N7O3. The summed E-state index contributed by atoms with van der Waals surface area (Å²) < 4.78 is 2.25. The zero-order chi connectivity index (χ0) is 26.5. The number of benzene rings is 2. The highest BCUT2D eigenvalue weighted by Gasteiger charge is 2.19. The van der Waals surface area contributed by atoms with Gasteiger partial charge in [0.15, 0.2) is 5.82 Å². The van der Waals surface area contributed by atoms with Gasteiger partial charge in [-0.3, -0.25) is 14.9 Å². The van der Waals surface area contributed by atoms with Crippen molar-refractivity contribution in [2.24, 2.45) is 0 Å². The van der Waals surface area contributed by atoms with Gasteiger partial charge in [0.05, 0.1) is 16.0 Å². The number of para-hydroxylation sites is 1. The summed E-state index contributed by atoms with van der Waals surface area (Å²) >= 11 is 0. The summed E-state index contributed by atoms with van der Waals surface area (Å²) in [7, 11) is 3.46. The van der Waals surface area contributed by atoms with Gasteiger partial charge in [-0.15, -0.1) is 0 Å². The Hall–Kier alpha value is -4.21. The van der Waals surface area contributed by atoms with Gasteiger partial charge in [-0.1, -0.05) is 31.5 Å². The number of nitrogen functional groups attached to an aromatic ring is 1. The van der Waals surface area contributed by atoms with Crippen molar-refractivity contribution in [1.29, 1.82) is 0 Å². The molecule has 1 amide bonds. The lowest BCUT2D eigenvalue weighted by Gasteiger charge is -2.13. The maximum absolute atomic E-state index is 12.6. The Morgan fingerprint density at radius 3 is 2.65 bits per heavy atom. The third kappa shape index (κ3) is 5.47. The average Bonchev–Trinajstić information content (AvgIpc) is 3.25. The largest absolute Gasteiger partial charge is 0.382 e. The normalized spacial score (nSPS) is 11.2. The monoisotopic (exact) mass is 503 g/mol. The molecule has 2 aromatic heterocycles. The summed E-state index contributed by atoms with van der Waals surface area (Å²) in [5.74, 6) is 1.11.